The predicted molar refractivity (Wildman–Crippen MR) is 94.4 cm³/mol. The molecule has 1 aromatic carbocycles. The lowest BCUT2D eigenvalue weighted by atomic mass is 9.55. The molecular weight excluding hydrogens is 359 g/mol. The molecule has 3 aliphatic carbocycles. The number of phenols is 1. The molecule has 6 atom stereocenters. The van der Waals surface area contributed by atoms with Crippen molar-refractivity contribution < 1.29 is 34.6 Å². The quantitative estimate of drug-likeness (QED) is 0.373. The van der Waals surface area contributed by atoms with Gasteiger partial charge in [-0.05, 0) is 78.5 Å². The Morgan fingerprint density at radius 3 is 2.46 bits per heavy atom. The SMILES string of the molecule is C[C@]12CC[C@@H]3c4ccc(O)cc4CC[C@H]3[C@@H]1C[C@@H](O)[C@@H]2O.O=P(O)(O)O. The molecule has 6 N–H and O–H groups in total. The van der Waals surface area contributed by atoms with E-state index in [0.29, 0.717) is 23.5 Å². The average molecular weight is 386 g/mol. The zero-order valence-corrected chi connectivity index (χ0v) is 15.6. The molecule has 0 radical (unpaired) electrons. The summed E-state index contributed by atoms with van der Waals surface area (Å²) in [5, 5.41) is 30.2. The summed E-state index contributed by atoms with van der Waals surface area (Å²) in [7, 11) is -4.64. The molecule has 0 amide bonds. The molecule has 3 aliphatic rings. The second kappa shape index (κ2) is 6.89. The van der Waals surface area contributed by atoms with E-state index in [9.17, 15) is 15.3 Å². The van der Waals surface area contributed by atoms with E-state index < -0.39 is 20.0 Å². The van der Waals surface area contributed by atoms with E-state index in [1.807, 2.05) is 6.07 Å². The average Bonchev–Trinajstić information content (AvgIpc) is 2.76. The maximum absolute atomic E-state index is 10.4. The van der Waals surface area contributed by atoms with Gasteiger partial charge in [0.05, 0.1) is 12.2 Å². The Balaban J connectivity index is 0.000000349. The lowest BCUT2D eigenvalue weighted by Crippen LogP contribution is -2.44. The minimum Gasteiger partial charge on any atom is -0.508 e. The van der Waals surface area contributed by atoms with Crippen LogP contribution in [0.4, 0.5) is 0 Å². The summed E-state index contributed by atoms with van der Waals surface area (Å²) in [5.41, 5.74) is 2.57. The van der Waals surface area contributed by atoms with Crippen molar-refractivity contribution in [3.8, 4) is 5.75 Å². The Labute approximate surface area is 152 Å². The van der Waals surface area contributed by atoms with E-state index in [1.165, 1.54) is 11.1 Å². The first kappa shape index (κ1) is 19.8. The van der Waals surface area contributed by atoms with Gasteiger partial charge in [-0.2, -0.15) is 0 Å². The number of phenolic OH excluding ortho intramolecular Hbond substituents is 1. The monoisotopic (exact) mass is 386 g/mol. The summed E-state index contributed by atoms with van der Waals surface area (Å²) >= 11 is 0. The number of aliphatic hydroxyl groups is 2. The third-order valence-corrected chi connectivity index (χ3v) is 6.68. The van der Waals surface area contributed by atoms with E-state index in [4.69, 9.17) is 19.2 Å². The van der Waals surface area contributed by atoms with E-state index in [1.54, 1.807) is 6.07 Å². The van der Waals surface area contributed by atoms with Crippen molar-refractivity contribution in [1.29, 1.82) is 0 Å². The fourth-order valence-electron chi connectivity index (χ4n) is 5.56. The summed E-state index contributed by atoms with van der Waals surface area (Å²) in [5.74, 6) is 1.88. The molecule has 26 heavy (non-hydrogen) atoms. The highest BCUT2D eigenvalue weighted by atomic mass is 31.2. The van der Waals surface area contributed by atoms with Crippen molar-refractivity contribution in [2.75, 3.05) is 0 Å². The number of rotatable bonds is 0. The van der Waals surface area contributed by atoms with Crippen LogP contribution >= 0.6 is 7.82 Å². The van der Waals surface area contributed by atoms with E-state index in [0.717, 1.165) is 32.1 Å². The molecule has 146 valence electrons. The van der Waals surface area contributed by atoms with Gasteiger partial charge in [-0.15, -0.1) is 0 Å². The van der Waals surface area contributed by atoms with Crippen LogP contribution in [0.3, 0.4) is 0 Å². The molecule has 0 bridgehead atoms. The van der Waals surface area contributed by atoms with Gasteiger partial charge in [-0.1, -0.05) is 13.0 Å². The van der Waals surface area contributed by atoms with Crippen molar-refractivity contribution in [1.82, 2.24) is 0 Å². The molecule has 0 aliphatic heterocycles. The van der Waals surface area contributed by atoms with Crippen LogP contribution in [0.25, 0.3) is 0 Å². The highest BCUT2D eigenvalue weighted by Crippen LogP contribution is 2.60. The second-order valence-corrected chi connectivity index (χ2v) is 9.13. The highest BCUT2D eigenvalue weighted by molar-refractivity contribution is 7.45. The number of phosphoric acid groups is 1. The van der Waals surface area contributed by atoms with E-state index >= 15 is 0 Å². The first-order chi connectivity index (χ1) is 12.0. The molecule has 0 aromatic heterocycles. The van der Waals surface area contributed by atoms with Crippen molar-refractivity contribution in [3.05, 3.63) is 29.3 Å². The molecule has 1 aromatic rings. The first-order valence-electron chi connectivity index (χ1n) is 8.97. The van der Waals surface area contributed by atoms with Crippen LogP contribution in [0.1, 0.15) is 49.7 Å². The zero-order chi connectivity index (χ0) is 19.3. The van der Waals surface area contributed by atoms with Crippen molar-refractivity contribution in [2.24, 2.45) is 17.3 Å². The van der Waals surface area contributed by atoms with E-state index in [-0.39, 0.29) is 5.41 Å². The highest BCUT2D eigenvalue weighted by Gasteiger charge is 2.57. The van der Waals surface area contributed by atoms with Crippen LogP contribution in [-0.2, 0) is 11.0 Å². The third kappa shape index (κ3) is 3.70. The van der Waals surface area contributed by atoms with Crippen LogP contribution in [0.15, 0.2) is 18.2 Å². The molecule has 0 heterocycles. The number of aryl methyl sites for hydroxylation is 1. The molecular formula is C18H27O7P. The summed E-state index contributed by atoms with van der Waals surface area (Å²) in [6, 6.07) is 5.80. The van der Waals surface area contributed by atoms with E-state index in [2.05, 4.69) is 13.0 Å². The Morgan fingerprint density at radius 2 is 1.81 bits per heavy atom. The lowest BCUT2D eigenvalue weighted by molar-refractivity contribution is -0.0505. The fraction of sp³-hybridized carbons (Fsp3) is 0.667. The van der Waals surface area contributed by atoms with Crippen molar-refractivity contribution in [3.63, 3.8) is 0 Å². The molecule has 2 saturated carbocycles. The van der Waals surface area contributed by atoms with Crippen LogP contribution in [0.2, 0.25) is 0 Å². The van der Waals surface area contributed by atoms with Gasteiger partial charge >= 0.3 is 7.82 Å². The van der Waals surface area contributed by atoms with Crippen LogP contribution in [-0.4, -0.2) is 42.2 Å². The van der Waals surface area contributed by atoms with Gasteiger partial charge in [0.15, 0.2) is 0 Å². The van der Waals surface area contributed by atoms with Gasteiger partial charge in [-0.25, -0.2) is 4.57 Å². The number of aliphatic hydroxyl groups excluding tert-OH is 2. The smallest absolute Gasteiger partial charge is 0.466 e. The number of hydrogen-bond acceptors (Lipinski definition) is 4. The summed E-state index contributed by atoms with van der Waals surface area (Å²) in [6.45, 7) is 2.17. The molecule has 4 rings (SSSR count). The Kier molecular flexibility index (Phi) is 5.25. The van der Waals surface area contributed by atoms with Gasteiger partial charge < -0.3 is 30.0 Å². The lowest BCUT2D eigenvalue weighted by Gasteiger charge is -2.49. The van der Waals surface area contributed by atoms with Gasteiger partial charge in [0.25, 0.3) is 0 Å². The normalized spacial score (nSPS) is 38.5. The van der Waals surface area contributed by atoms with Gasteiger partial charge in [0.1, 0.15) is 5.75 Å². The van der Waals surface area contributed by atoms with Crippen LogP contribution in [0.5, 0.6) is 5.75 Å². The van der Waals surface area contributed by atoms with Crippen molar-refractivity contribution in [2.45, 2.75) is 57.2 Å². The maximum Gasteiger partial charge on any atom is 0.466 e. The molecule has 2 fully saturated rings. The topological polar surface area (TPSA) is 138 Å². The van der Waals surface area contributed by atoms with Crippen LogP contribution in [0, 0.1) is 17.3 Å². The third-order valence-electron chi connectivity index (χ3n) is 6.68. The maximum atomic E-state index is 10.4. The number of benzene rings is 1. The second-order valence-electron chi connectivity index (χ2n) is 8.10. The summed E-state index contributed by atoms with van der Waals surface area (Å²) in [4.78, 5) is 21.6. The Hall–Kier alpha value is -0.950. The fourth-order valence-corrected chi connectivity index (χ4v) is 5.56. The minimum absolute atomic E-state index is 0.116. The molecule has 0 unspecified atom stereocenters. The zero-order valence-electron chi connectivity index (χ0n) is 14.7. The summed E-state index contributed by atoms with van der Waals surface area (Å²) in [6.07, 6.45) is 3.80. The number of fused-ring (bicyclic) bond motifs is 5. The molecule has 8 heteroatoms. The Bertz CT molecular complexity index is 709. The largest absolute Gasteiger partial charge is 0.508 e. The van der Waals surface area contributed by atoms with Crippen molar-refractivity contribution >= 4 is 7.82 Å². The van der Waals surface area contributed by atoms with Gasteiger partial charge in [0.2, 0.25) is 0 Å². The van der Waals surface area contributed by atoms with Gasteiger partial charge in [-0.3, -0.25) is 0 Å². The first-order valence-corrected chi connectivity index (χ1v) is 10.5. The molecule has 7 nitrogen and oxygen atoms in total. The Morgan fingerprint density at radius 1 is 1.15 bits per heavy atom. The minimum atomic E-state index is -4.64. The summed E-state index contributed by atoms with van der Waals surface area (Å²) < 4.78 is 8.88. The number of hydrogen-bond donors (Lipinski definition) is 6. The molecule has 0 saturated heterocycles. The standard InChI is InChI=1S/C18H24O3.H3O4P/c1-18-7-6-13-12-5-3-11(19)8-10(12)2-4-14(13)15(18)9-16(20)17(18)21;1-5(2,3)4/h3,5,8,13-17,19-21H,2,4,6-7,9H2,1H3;(H3,1,2,3,4)/t13-,14-,15+,16-,17+,18+;/m1./s1. The van der Waals surface area contributed by atoms with Crippen LogP contribution < -0.4 is 0 Å². The number of aromatic hydroxyl groups is 1. The molecule has 0 spiro atoms. The predicted octanol–water partition coefficient (Wildman–Crippen LogP) is 1.65. The van der Waals surface area contributed by atoms with Gasteiger partial charge in [0, 0.05) is 0 Å².